The number of aromatic nitrogens is 1. The summed E-state index contributed by atoms with van der Waals surface area (Å²) in [5.41, 5.74) is 0.294. The average Bonchev–Trinajstić information content (AvgIpc) is 2.73. The van der Waals surface area contributed by atoms with Gasteiger partial charge in [0.1, 0.15) is 10.6 Å². The number of nitrogens with zero attached hydrogens (tertiary/aromatic N) is 5. The number of sulfonamides is 1. The summed E-state index contributed by atoms with van der Waals surface area (Å²) in [7, 11) is -0.552. The molecule has 2 rings (SSSR count). The van der Waals surface area contributed by atoms with Crippen molar-refractivity contribution in [2.24, 2.45) is 10.2 Å². The van der Waals surface area contributed by atoms with Crippen LogP contribution in [0.5, 0.6) is 5.88 Å². The number of pyridine rings is 1. The van der Waals surface area contributed by atoms with Crippen molar-refractivity contribution >= 4 is 21.4 Å². The van der Waals surface area contributed by atoms with Crippen LogP contribution in [0.25, 0.3) is 0 Å². The minimum Gasteiger partial charge on any atom is -0.492 e. The number of hydrogen-bond donors (Lipinski definition) is 1. The Labute approximate surface area is 190 Å². The van der Waals surface area contributed by atoms with Crippen LogP contribution < -0.4 is 10.6 Å². The van der Waals surface area contributed by atoms with Crippen LogP contribution in [0.15, 0.2) is 50.3 Å². The first-order chi connectivity index (χ1) is 15.1. The highest BCUT2D eigenvalue weighted by molar-refractivity contribution is 7.89. The lowest BCUT2D eigenvalue weighted by Crippen LogP contribution is -2.35. The van der Waals surface area contributed by atoms with Gasteiger partial charge < -0.3 is 10.1 Å². The maximum atomic E-state index is 13.4. The molecule has 10 heteroatoms. The predicted octanol–water partition coefficient (Wildman–Crippen LogP) is 4.07. The van der Waals surface area contributed by atoms with Gasteiger partial charge >= 0.3 is 0 Å². The summed E-state index contributed by atoms with van der Waals surface area (Å²) >= 11 is 0. The minimum atomic E-state index is -3.78. The zero-order chi connectivity index (χ0) is 23.9. The Kier molecular flexibility index (Phi) is 8.97. The second-order valence-corrected chi connectivity index (χ2v) is 9.68. The smallest absolute Gasteiger partial charge is 0.272 e. The second kappa shape index (κ2) is 11.2. The van der Waals surface area contributed by atoms with Gasteiger partial charge in [-0.25, -0.2) is 8.42 Å². The third kappa shape index (κ3) is 5.74. The molecule has 0 fully saturated rings. The van der Waals surface area contributed by atoms with E-state index >= 15 is 0 Å². The minimum absolute atomic E-state index is 0.0639. The number of unbranched alkanes of at least 4 members (excludes halogenated alkanes) is 2. The molecule has 0 atom stereocenters. The Morgan fingerprint density at radius 1 is 1.03 bits per heavy atom. The van der Waals surface area contributed by atoms with E-state index in [1.165, 1.54) is 21.4 Å². The van der Waals surface area contributed by atoms with Crippen molar-refractivity contribution in [2.75, 3.05) is 32.2 Å². The van der Waals surface area contributed by atoms with E-state index in [4.69, 9.17) is 0 Å². The molecule has 176 valence electrons. The fourth-order valence-electron chi connectivity index (χ4n) is 3.23. The summed E-state index contributed by atoms with van der Waals surface area (Å²) in [6.45, 7) is 6.56. The number of hydrogen-bond acceptors (Lipinski definition) is 7. The van der Waals surface area contributed by atoms with Gasteiger partial charge in [0.05, 0.1) is 0 Å². The molecular weight excluding hydrogens is 430 g/mol. The molecule has 0 unspecified atom stereocenters. The standard InChI is InChI=1S/C22H33N5O4S/c1-6-8-14-26(15-9-7-2)32(30,31)19-13-11-10-12-18(19)23-24-21-17(3)16-20(28)27(22(21)29)25(4)5/h10-13,16,29H,6-9,14-15H2,1-5H3. The van der Waals surface area contributed by atoms with Crippen molar-refractivity contribution in [1.29, 1.82) is 0 Å². The topological polar surface area (TPSA) is 108 Å². The molecule has 0 radical (unpaired) electrons. The zero-order valence-corrected chi connectivity index (χ0v) is 20.3. The van der Waals surface area contributed by atoms with Crippen LogP contribution in [-0.4, -0.2) is 49.7 Å². The fraction of sp³-hybridized carbons (Fsp3) is 0.500. The average molecular weight is 464 g/mol. The van der Waals surface area contributed by atoms with Crippen molar-refractivity contribution in [2.45, 2.75) is 51.3 Å². The molecule has 32 heavy (non-hydrogen) atoms. The van der Waals surface area contributed by atoms with Crippen LogP contribution in [0, 0.1) is 6.92 Å². The number of aryl methyl sites for hydroxylation is 1. The van der Waals surface area contributed by atoms with E-state index in [2.05, 4.69) is 10.2 Å². The summed E-state index contributed by atoms with van der Waals surface area (Å²) in [5, 5.41) is 20.3. The highest BCUT2D eigenvalue weighted by atomic mass is 32.2. The molecule has 0 aliphatic carbocycles. The molecule has 1 aromatic carbocycles. The van der Waals surface area contributed by atoms with Crippen molar-refractivity contribution in [3.05, 3.63) is 46.2 Å². The van der Waals surface area contributed by atoms with E-state index in [9.17, 15) is 18.3 Å². The first-order valence-electron chi connectivity index (χ1n) is 10.8. The summed E-state index contributed by atoms with van der Waals surface area (Å²) in [6, 6.07) is 7.76. The van der Waals surface area contributed by atoms with Crippen molar-refractivity contribution in [3.63, 3.8) is 0 Å². The Morgan fingerprint density at radius 2 is 1.62 bits per heavy atom. The van der Waals surface area contributed by atoms with Crippen LogP contribution in [0.2, 0.25) is 0 Å². The van der Waals surface area contributed by atoms with E-state index in [1.807, 2.05) is 13.8 Å². The summed E-state index contributed by atoms with van der Waals surface area (Å²) in [4.78, 5) is 12.2. The van der Waals surface area contributed by atoms with E-state index in [0.29, 0.717) is 18.7 Å². The van der Waals surface area contributed by atoms with E-state index in [0.717, 1.165) is 30.4 Å². The molecule has 0 saturated heterocycles. The summed E-state index contributed by atoms with van der Waals surface area (Å²) in [5.74, 6) is -0.364. The third-order valence-corrected chi connectivity index (χ3v) is 6.94. The lowest BCUT2D eigenvalue weighted by atomic mass is 10.2. The Hall–Kier alpha value is -2.72. The van der Waals surface area contributed by atoms with Gasteiger partial charge in [0, 0.05) is 33.3 Å². The van der Waals surface area contributed by atoms with Gasteiger partial charge in [0.25, 0.3) is 5.56 Å². The molecular formula is C22H33N5O4S. The molecule has 1 N–H and O–H groups in total. The molecule has 0 aliphatic heterocycles. The molecule has 0 spiro atoms. The third-order valence-electron chi connectivity index (χ3n) is 5.00. The highest BCUT2D eigenvalue weighted by Gasteiger charge is 2.26. The normalized spacial score (nSPS) is 12.1. The number of aromatic hydroxyl groups is 1. The lowest BCUT2D eigenvalue weighted by Gasteiger charge is -2.22. The highest BCUT2D eigenvalue weighted by Crippen LogP contribution is 2.33. The molecule has 0 amide bonds. The number of azo groups is 1. The zero-order valence-electron chi connectivity index (χ0n) is 19.4. The second-order valence-electron chi connectivity index (χ2n) is 7.78. The van der Waals surface area contributed by atoms with Gasteiger partial charge in [-0.2, -0.15) is 8.98 Å². The van der Waals surface area contributed by atoms with E-state index in [1.54, 1.807) is 39.2 Å². The Bertz CT molecular complexity index is 1100. The van der Waals surface area contributed by atoms with Gasteiger partial charge in [-0.1, -0.05) is 38.8 Å². The van der Waals surface area contributed by atoms with Crippen LogP contribution in [0.1, 0.15) is 45.1 Å². The van der Waals surface area contributed by atoms with Crippen molar-refractivity contribution < 1.29 is 13.5 Å². The van der Waals surface area contributed by atoms with E-state index in [-0.39, 0.29) is 22.2 Å². The van der Waals surface area contributed by atoms with Crippen LogP contribution in [0.3, 0.4) is 0 Å². The molecule has 2 aromatic rings. The first-order valence-corrected chi connectivity index (χ1v) is 12.2. The number of benzene rings is 1. The Morgan fingerprint density at radius 3 is 2.19 bits per heavy atom. The van der Waals surface area contributed by atoms with Gasteiger partial charge in [0.2, 0.25) is 15.9 Å². The van der Waals surface area contributed by atoms with Gasteiger partial charge in [-0.3, -0.25) is 4.79 Å². The molecule has 0 bridgehead atoms. The predicted molar refractivity (Wildman–Crippen MR) is 126 cm³/mol. The first kappa shape index (κ1) is 25.5. The van der Waals surface area contributed by atoms with Crippen molar-refractivity contribution in [3.8, 4) is 5.88 Å². The molecule has 0 aliphatic rings. The molecule has 0 saturated carbocycles. The lowest BCUT2D eigenvalue weighted by molar-refractivity contribution is 0.395. The maximum Gasteiger partial charge on any atom is 0.272 e. The summed E-state index contributed by atoms with van der Waals surface area (Å²) < 4.78 is 29.4. The van der Waals surface area contributed by atoms with Crippen LogP contribution in [-0.2, 0) is 10.0 Å². The van der Waals surface area contributed by atoms with Gasteiger partial charge in [-0.15, -0.1) is 10.2 Å². The number of rotatable bonds is 11. The molecule has 1 aromatic heterocycles. The Balaban J connectivity index is 2.52. The SMILES string of the molecule is CCCCN(CCCC)S(=O)(=O)c1ccccc1N=Nc1c(C)cc(=O)n(N(C)C)c1O. The monoisotopic (exact) mass is 463 g/mol. The fourth-order valence-corrected chi connectivity index (χ4v) is 4.87. The van der Waals surface area contributed by atoms with Gasteiger partial charge in [-0.05, 0) is 37.5 Å². The largest absolute Gasteiger partial charge is 0.492 e. The van der Waals surface area contributed by atoms with Crippen LogP contribution >= 0.6 is 0 Å². The molecule has 9 nitrogen and oxygen atoms in total. The van der Waals surface area contributed by atoms with Gasteiger partial charge in [0.15, 0.2) is 5.69 Å². The van der Waals surface area contributed by atoms with Crippen molar-refractivity contribution in [1.82, 2.24) is 8.98 Å². The summed E-state index contributed by atoms with van der Waals surface area (Å²) in [6.07, 6.45) is 3.32. The quantitative estimate of drug-likeness (QED) is 0.506. The van der Waals surface area contributed by atoms with E-state index < -0.39 is 15.6 Å². The molecule has 1 heterocycles. The maximum absolute atomic E-state index is 13.4. The van der Waals surface area contributed by atoms with Crippen LogP contribution in [0.4, 0.5) is 11.4 Å².